The van der Waals surface area contributed by atoms with E-state index >= 15 is 0 Å². The molecule has 2 aromatic carbocycles. The van der Waals surface area contributed by atoms with Crippen molar-refractivity contribution in [1.82, 2.24) is 0 Å². The highest BCUT2D eigenvalue weighted by Gasteiger charge is 2.61. The number of esters is 1. The highest BCUT2D eigenvalue weighted by molar-refractivity contribution is 7.92. The van der Waals surface area contributed by atoms with Crippen molar-refractivity contribution in [2.24, 2.45) is 0 Å². The number of carbonyl (C=O) groups is 2. The molecule has 0 saturated heterocycles. The zero-order valence-corrected chi connectivity index (χ0v) is 21.5. The number of nitrogens with zero attached hydrogens (tertiary/aromatic N) is 1. The summed E-state index contributed by atoms with van der Waals surface area (Å²) in [5, 5.41) is 9.05. The van der Waals surface area contributed by atoms with Crippen LogP contribution in [0.3, 0.4) is 0 Å². The molecule has 0 radical (unpaired) electrons. The van der Waals surface area contributed by atoms with Gasteiger partial charge in [-0.15, -0.1) is 0 Å². The van der Waals surface area contributed by atoms with Gasteiger partial charge in [0.15, 0.2) is 11.6 Å². The number of fused-ring (bicyclic) bond motifs is 1. The first kappa shape index (κ1) is 28.5. The molecule has 0 bridgehead atoms. The first-order valence-corrected chi connectivity index (χ1v) is 13.4. The van der Waals surface area contributed by atoms with Gasteiger partial charge in [0.25, 0.3) is 10.0 Å². The minimum absolute atomic E-state index is 0.0238. The number of anilines is 1. The first-order chi connectivity index (χ1) is 18.3. The highest BCUT2D eigenvalue weighted by Crippen LogP contribution is 2.48. The van der Waals surface area contributed by atoms with E-state index in [1.807, 2.05) is 0 Å². The zero-order chi connectivity index (χ0) is 28.6. The molecule has 39 heavy (non-hydrogen) atoms. The van der Waals surface area contributed by atoms with Crippen molar-refractivity contribution in [3.63, 3.8) is 0 Å². The van der Waals surface area contributed by atoms with Gasteiger partial charge in [0.05, 0.1) is 30.7 Å². The molecule has 0 amide bonds. The van der Waals surface area contributed by atoms with Crippen LogP contribution in [-0.4, -0.2) is 57.0 Å². The molecular formula is C25H25F4NO8S. The van der Waals surface area contributed by atoms with E-state index < -0.39 is 52.1 Å². The van der Waals surface area contributed by atoms with E-state index in [9.17, 15) is 35.6 Å². The van der Waals surface area contributed by atoms with Crippen LogP contribution in [0.2, 0.25) is 0 Å². The molecule has 1 fully saturated rings. The number of alkyl halides is 3. The molecule has 4 rings (SSSR count). The second-order valence-corrected chi connectivity index (χ2v) is 11.2. The Bertz CT molecular complexity index is 1370. The van der Waals surface area contributed by atoms with Crippen molar-refractivity contribution >= 4 is 27.6 Å². The molecule has 14 heteroatoms. The summed E-state index contributed by atoms with van der Waals surface area (Å²) in [5.41, 5.74) is -2.38. The molecule has 0 spiro atoms. The van der Waals surface area contributed by atoms with Crippen LogP contribution in [0.1, 0.15) is 37.7 Å². The van der Waals surface area contributed by atoms with Crippen LogP contribution < -0.4 is 13.8 Å². The number of halogens is 4. The van der Waals surface area contributed by atoms with Crippen LogP contribution >= 0.6 is 0 Å². The van der Waals surface area contributed by atoms with Crippen molar-refractivity contribution in [3.8, 4) is 11.5 Å². The van der Waals surface area contributed by atoms with Gasteiger partial charge in [-0.2, -0.15) is 13.2 Å². The van der Waals surface area contributed by atoms with Crippen LogP contribution in [-0.2, 0) is 30.8 Å². The number of carboxylic acids is 1. The largest absolute Gasteiger partial charge is 0.494 e. The summed E-state index contributed by atoms with van der Waals surface area (Å²) in [7, 11) is -3.22. The maximum absolute atomic E-state index is 13.9. The van der Waals surface area contributed by atoms with Gasteiger partial charge in [0.2, 0.25) is 5.60 Å². The van der Waals surface area contributed by atoms with Gasteiger partial charge in [0.1, 0.15) is 11.9 Å². The fourth-order valence-electron chi connectivity index (χ4n) is 4.42. The van der Waals surface area contributed by atoms with Gasteiger partial charge in [-0.05, 0) is 55.5 Å². The van der Waals surface area contributed by atoms with Gasteiger partial charge < -0.3 is 19.3 Å². The SMILES string of the molecule is COc1cc(S(=O)(=O)N2C[C@H](CCC(=O)O)Oc3ccc(CC(=O)OC4(C(F)(F)F)CCC4)cc32)ccc1F. The van der Waals surface area contributed by atoms with E-state index in [1.54, 1.807) is 0 Å². The highest BCUT2D eigenvalue weighted by atomic mass is 32.2. The second-order valence-electron chi connectivity index (χ2n) is 9.30. The van der Waals surface area contributed by atoms with Crippen molar-refractivity contribution in [2.45, 2.75) is 61.3 Å². The molecular weight excluding hydrogens is 550 g/mol. The first-order valence-electron chi connectivity index (χ1n) is 11.9. The predicted molar refractivity (Wildman–Crippen MR) is 128 cm³/mol. The van der Waals surface area contributed by atoms with Crippen molar-refractivity contribution < 1.29 is 54.9 Å². The Morgan fingerprint density at radius 1 is 1.18 bits per heavy atom. The molecule has 1 atom stereocenters. The van der Waals surface area contributed by atoms with Gasteiger partial charge in [0, 0.05) is 12.5 Å². The molecule has 1 aliphatic heterocycles. The molecule has 1 heterocycles. The average molecular weight is 576 g/mol. The average Bonchev–Trinajstić information content (AvgIpc) is 2.83. The molecule has 2 aromatic rings. The van der Waals surface area contributed by atoms with Crippen LogP contribution in [0.4, 0.5) is 23.2 Å². The van der Waals surface area contributed by atoms with E-state index in [-0.39, 0.29) is 66.3 Å². The van der Waals surface area contributed by atoms with E-state index in [0.717, 1.165) is 22.5 Å². The van der Waals surface area contributed by atoms with Gasteiger partial charge in [-0.3, -0.25) is 13.9 Å². The number of methoxy groups -OCH3 is 1. The Morgan fingerprint density at radius 2 is 1.90 bits per heavy atom. The number of benzene rings is 2. The molecule has 0 aromatic heterocycles. The lowest BCUT2D eigenvalue weighted by Crippen LogP contribution is -2.54. The van der Waals surface area contributed by atoms with Crippen LogP contribution in [0.15, 0.2) is 41.3 Å². The summed E-state index contributed by atoms with van der Waals surface area (Å²) in [6.45, 7) is -0.312. The minimum Gasteiger partial charge on any atom is -0.494 e. The summed E-state index contributed by atoms with van der Waals surface area (Å²) >= 11 is 0. The number of carboxylic acid groups (broad SMARTS) is 1. The Morgan fingerprint density at radius 3 is 2.49 bits per heavy atom. The second kappa shape index (κ2) is 10.5. The Balaban J connectivity index is 1.66. The predicted octanol–water partition coefficient (Wildman–Crippen LogP) is 4.23. The van der Waals surface area contributed by atoms with Crippen LogP contribution in [0, 0.1) is 5.82 Å². The van der Waals surface area contributed by atoms with Gasteiger partial charge in [-0.25, -0.2) is 12.8 Å². The van der Waals surface area contributed by atoms with Crippen molar-refractivity contribution in [1.29, 1.82) is 0 Å². The van der Waals surface area contributed by atoms with E-state index in [4.69, 9.17) is 19.3 Å². The topological polar surface area (TPSA) is 119 Å². The molecule has 9 nitrogen and oxygen atoms in total. The fraction of sp³-hybridized carbons (Fsp3) is 0.440. The maximum Gasteiger partial charge on any atom is 0.428 e. The quantitative estimate of drug-likeness (QED) is 0.349. The smallest absolute Gasteiger partial charge is 0.428 e. The lowest BCUT2D eigenvalue weighted by atomic mass is 9.79. The Kier molecular flexibility index (Phi) is 7.70. The Hall–Kier alpha value is -3.55. The number of hydrogen-bond acceptors (Lipinski definition) is 7. The maximum atomic E-state index is 13.9. The number of hydrogen-bond donors (Lipinski definition) is 1. The molecule has 0 unspecified atom stereocenters. The minimum atomic E-state index is -4.71. The third-order valence-electron chi connectivity index (χ3n) is 6.68. The normalized spacial score (nSPS) is 18.4. The van der Waals surface area contributed by atoms with Crippen molar-refractivity contribution in [2.75, 3.05) is 18.0 Å². The lowest BCUT2D eigenvalue weighted by molar-refractivity contribution is -0.293. The summed E-state index contributed by atoms with van der Waals surface area (Å²) in [6.07, 6.45) is -6.84. The number of carbonyl (C=O) groups excluding carboxylic acids is 1. The van der Waals surface area contributed by atoms with Crippen molar-refractivity contribution in [3.05, 3.63) is 47.8 Å². The molecule has 1 N–H and O–H groups in total. The molecule has 1 aliphatic carbocycles. The van der Waals surface area contributed by atoms with Gasteiger partial charge >= 0.3 is 18.1 Å². The number of ether oxygens (including phenoxy) is 3. The third-order valence-corrected chi connectivity index (χ3v) is 8.46. The molecule has 2 aliphatic rings. The molecule has 212 valence electrons. The van der Waals surface area contributed by atoms with E-state index in [0.29, 0.717) is 0 Å². The summed E-state index contributed by atoms with van der Waals surface area (Å²) in [6, 6.07) is 6.95. The van der Waals surface area contributed by atoms with E-state index in [2.05, 4.69) is 0 Å². The van der Waals surface area contributed by atoms with Crippen LogP contribution in [0.25, 0.3) is 0 Å². The zero-order valence-electron chi connectivity index (χ0n) is 20.7. The third kappa shape index (κ3) is 5.75. The van der Waals surface area contributed by atoms with Crippen LogP contribution in [0.5, 0.6) is 11.5 Å². The number of rotatable bonds is 9. The number of aliphatic carboxylic acids is 1. The van der Waals surface area contributed by atoms with Gasteiger partial charge in [-0.1, -0.05) is 6.07 Å². The van der Waals surface area contributed by atoms with E-state index in [1.165, 1.54) is 25.3 Å². The summed E-state index contributed by atoms with van der Waals surface area (Å²) < 4.78 is 97.9. The number of sulfonamides is 1. The lowest BCUT2D eigenvalue weighted by Gasteiger charge is -2.42. The Labute approximate surface area is 221 Å². The molecule has 1 saturated carbocycles. The fourth-order valence-corrected chi connectivity index (χ4v) is 5.93. The summed E-state index contributed by atoms with van der Waals surface area (Å²) in [5.74, 6) is -3.29. The monoisotopic (exact) mass is 575 g/mol. The standard InChI is InChI=1S/C25H25F4NO8S/c1-36-21-13-17(5-6-18(21)26)39(34,35)30-14-16(4-8-22(31)32)37-20-7-3-15(11-19(20)30)12-23(33)38-24(9-2-10-24)25(27,28)29/h3,5-7,11,13,16H,2,4,8-10,12,14H2,1H3,(H,31,32)/t16-/m0/s1. The summed E-state index contributed by atoms with van der Waals surface area (Å²) in [4.78, 5) is 23.2.